The summed E-state index contributed by atoms with van der Waals surface area (Å²) in [4.78, 5) is 0. The van der Waals surface area contributed by atoms with Gasteiger partial charge in [-0.25, -0.2) is 0 Å². The lowest BCUT2D eigenvalue weighted by atomic mass is 10.0. The van der Waals surface area contributed by atoms with Crippen LogP contribution >= 0.6 is 0 Å². The summed E-state index contributed by atoms with van der Waals surface area (Å²) in [6.45, 7) is 0. The summed E-state index contributed by atoms with van der Waals surface area (Å²) in [5.41, 5.74) is -0.563. The van der Waals surface area contributed by atoms with Gasteiger partial charge in [-0.15, -0.1) is 0 Å². The molecule has 0 saturated heterocycles. The first-order valence-corrected chi connectivity index (χ1v) is 4.46. The van der Waals surface area contributed by atoms with Gasteiger partial charge in [0, 0.05) is 0 Å². The number of ether oxygens (including phenoxy) is 1. The van der Waals surface area contributed by atoms with Crippen molar-refractivity contribution in [2.75, 3.05) is 7.11 Å². The molecular formula is C10H9F5O2. The second-order valence-electron chi connectivity index (χ2n) is 3.30. The molecule has 0 aromatic heterocycles. The quantitative estimate of drug-likeness (QED) is 0.842. The second-order valence-corrected chi connectivity index (χ2v) is 3.30. The van der Waals surface area contributed by atoms with E-state index in [-0.39, 0.29) is 5.75 Å². The van der Waals surface area contributed by atoms with Crippen LogP contribution in [0.4, 0.5) is 22.0 Å². The lowest BCUT2D eigenvalue weighted by Crippen LogP contribution is -2.42. The van der Waals surface area contributed by atoms with Gasteiger partial charge in [-0.05, 0) is 17.7 Å². The molecule has 0 saturated carbocycles. The Labute approximate surface area is 93.6 Å². The first-order chi connectivity index (χ1) is 7.70. The van der Waals surface area contributed by atoms with Crippen molar-refractivity contribution in [2.24, 2.45) is 0 Å². The SMILES string of the molecule is COc1cccc(C(O)C(F)(F)C(F)(F)F)c1. The fourth-order valence-electron chi connectivity index (χ4n) is 1.18. The first kappa shape index (κ1) is 13.7. The van der Waals surface area contributed by atoms with Gasteiger partial charge in [0.15, 0.2) is 6.10 Å². The van der Waals surface area contributed by atoms with E-state index in [1.165, 1.54) is 19.2 Å². The maximum Gasteiger partial charge on any atom is 0.456 e. The number of rotatable bonds is 3. The number of aliphatic hydroxyl groups excluding tert-OH is 1. The molecular weight excluding hydrogens is 247 g/mol. The van der Waals surface area contributed by atoms with Crippen LogP contribution in [0.2, 0.25) is 0 Å². The van der Waals surface area contributed by atoms with Gasteiger partial charge in [-0.1, -0.05) is 12.1 Å². The van der Waals surface area contributed by atoms with Gasteiger partial charge in [0.1, 0.15) is 5.75 Å². The number of halogens is 5. The molecule has 1 N–H and O–H groups in total. The molecule has 0 amide bonds. The van der Waals surface area contributed by atoms with Crippen molar-refractivity contribution in [3.05, 3.63) is 29.8 Å². The fraction of sp³-hybridized carbons (Fsp3) is 0.400. The zero-order valence-electron chi connectivity index (χ0n) is 8.63. The molecule has 0 radical (unpaired) electrons. The highest BCUT2D eigenvalue weighted by Gasteiger charge is 2.62. The average molecular weight is 256 g/mol. The van der Waals surface area contributed by atoms with Gasteiger partial charge in [0.2, 0.25) is 0 Å². The Balaban J connectivity index is 3.07. The third-order valence-electron chi connectivity index (χ3n) is 2.13. The minimum Gasteiger partial charge on any atom is -0.497 e. The Bertz CT molecular complexity index is 389. The first-order valence-electron chi connectivity index (χ1n) is 4.46. The smallest absolute Gasteiger partial charge is 0.456 e. The molecule has 96 valence electrons. The molecule has 2 nitrogen and oxygen atoms in total. The van der Waals surface area contributed by atoms with Crippen LogP contribution < -0.4 is 4.74 Å². The molecule has 0 aliphatic heterocycles. The van der Waals surface area contributed by atoms with Crippen LogP contribution in [0.5, 0.6) is 5.75 Å². The third kappa shape index (κ3) is 2.66. The number of benzene rings is 1. The Hall–Kier alpha value is -1.37. The fourth-order valence-corrected chi connectivity index (χ4v) is 1.18. The van der Waals surface area contributed by atoms with Crippen LogP contribution in [0.25, 0.3) is 0 Å². The van der Waals surface area contributed by atoms with Crippen molar-refractivity contribution in [3.63, 3.8) is 0 Å². The molecule has 0 heterocycles. The monoisotopic (exact) mass is 256 g/mol. The largest absolute Gasteiger partial charge is 0.497 e. The summed E-state index contributed by atoms with van der Waals surface area (Å²) in [7, 11) is 1.23. The topological polar surface area (TPSA) is 29.5 Å². The number of hydrogen-bond acceptors (Lipinski definition) is 2. The van der Waals surface area contributed by atoms with E-state index in [2.05, 4.69) is 4.74 Å². The van der Waals surface area contributed by atoms with Crippen LogP contribution in [0.15, 0.2) is 24.3 Å². The number of hydrogen-bond donors (Lipinski definition) is 1. The molecule has 0 spiro atoms. The van der Waals surface area contributed by atoms with Crippen molar-refractivity contribution >= 4 is 0 Å². The number of methoxy groups -OCH3 is 1. The Morgan fingerprint density at radius 2 is 1.76 bits per heavy atom. The number of aliphatic hydroxyl groups is 1. The maximum absolute atomic E-state index is 12.8. The molecule has 1 atom stereocenters. The molecule has 0 fully saturated rings. The van der Waals surface area contributed by atoms with Gasteiger partial charge in [0.25, 0.3) is 0 Å². The molecule has 1 unspecified atom stereocenters. The van der Waals surface area contributed by atoms with Crippen LogP contribution in [-0.2, 0) is 0 Å². The molecule has 1 aromatic carbocycles. The maximum atomic E-state index is 12.8. The zero-order valence-corrected chi connectivity index (χ0v) is 8.63. The zero-order chi connectivity index (χ0) is 13.3. The second kappa shape index (κ2) is 4.48. The van der Waals surface area contributed by atoms with E-state index in [1.54, 1.807) is 0 Å². The van der Waals surface area contributed by atoms with Crippen LogP contribution in [0, 0.1) is 0 Å². The van der Waals surface area contributed by atoms with Gasteiger partial charge >= 0.3 is 12.1 Å². The minimum atomic E-state index is -5.81. The van der Waals surface area contributed by atoms with Crippen molar-refractivity contribution in [2.45, 2.75) is 18.2 Å². The van der Waals surface area contributed by atoms with E-state index in [0.717, 1.165) is 12.1 Å². The van der Waals surface area contributed by atoms with Crippen molar-refractivity contribution in [1.82, 2.24) is 0 Å². The summed E-state index contributed by atoms with van der Waals surface area (Å²) in [6.07, 6.45) is -8.77. The van der Waals surface area contributed by atoms with Crippen LogP contribution in [0.1, 0.15) is 11.7 Å². The van der Waals surface area contributed by atoms with Crippen LogP contribution in [0.3, 0.4) is 0 Å². The van der Waals surface area contributed by atoms with E-state index < -0.39 is 23.8 Å². The molecule has 0 bridgehead atoms. The highest BCUT2D eigenvalue weighted by atomic mass is 19.4. The van der Waals surface area contributed by atoms with Gasteiger partial charge in [-0.3, -0.25) is 0 Å². The summed E-state index contributed by atoms with van der Waals surface area (Å²) in [6, 6.07) is 4.46. The van der Waals surface area contributed by atoms with E-state index in [0.29, 0.717) is 0 Å². The predicted molar refractivity (Wildman–Crippen MR) is 49.0 cm³/mol. The van der Waals surface area contributed by atoms with Crippen molar-refractivity contribution in [1.29, 1.82) is 0 Å². The Morgan fingerprint density at radius 3 is 2.24 bits per heavy atom. The third-order valence-corrected chi connectivity index (χ3v) is 2.13. The summed E-state index contributed by atoms with van der Waals surface area (Å²) < 4.78 is 66.4. The lowest BCUT2D eigenvalue weighted by molar-refractivity contribution is -0.315. The minimum absolute atomic E-state index is 0.0829. The molecule has 17 heavy (non-hydrogen) atoms. The van der Waals surface area contributed by atoms with E-state index >= 15 is 0 Å². The van der Waals surface area contributed by atoms with Gasteiger partial charge < -0.3 is 9.84 Å². The van der Waals surface area contributed by atoms with Crippen molar-refractivity contribution in [3.8, 4) is 5.75 Å². The van der Waals surface area contributed by atoms with E-state index in [1.807, 2.05) is 0 Å². The number of alkyl halides is 5. The summed E-state index contributed by atoms with van der Waals surface area (Å²) in [5, 5.41) is 9.08. The molecule has 0 aliphatic rings. The highest BCUT2D eigenvalue weighted by molar-refractivity contribution is 5.31. The molecule has 1 aromatic rings. The van der Waals surface area contributed by atoms with Gasteiger partial charge in [-0.2, -0.15) is 22.0 Å². The van der Waals surface area contributed by atoms with E-state index in [9.17, 15) is 22.0 Å². The molecule has 0 aliphatic carbocycles. The summed E-state index contributed by atoms with van der Waals surface area (Å²) in [5.74, 6) is -5.13. The van der Waals surface area contributed by atoms with Gasteiger partial charge in [0.05, 0.1) is 7.11 Å². The van der Waals surface area contributed by atoms with E-state index in [4.69, 9.17) is 5.11 Å². The summed E-state index contributed by atoms with van der Waals surface area (Å²) >= 11 is 0. The van der Waals surface area contributed by atoms with Crippen molar-refractivity contribution < 1.29 is 31.8 Å². The lowest BCUT2D eigenvalue weighted by Gasteiger charge is -2.25. The molecule has 1 rings (SSSR count). The molecule has 7 heteroatoms. The normalized spacial score (nSPS) is 14.5. The Morgan fingerprint density at radius 1 is 1.18 bits per heavy atom. The standard InChI is InChI=1S/C10H9F5O2/c1-17-7-4-2-3-6(5-7)8(16)9(11,12)10(13,14)15/h2-5,8,16H,1H3. The Kier molecular flexibility index (Phi) is 3.61. The highest BCUT2D eigenvalue weighted by Crippen LogP contribution is 2.44. The van der Waals surface area contributed by atoms with Crippen LogP contribution in [-0.4, -0.2) is 24.3 Å². The predicted octanol–water partition coefficient (Wildman–Crippen LogP) is 2.93. The average Bonchev–Trinajstić information content (AvgIpc) is 2.26.